The fourth-order valence-corrected chi connectivity index (χ4v) is 2.69. The predicted octanol–water partition coefficient (Wildman–Crippen LogP) is 4.40. The number of hydrogen-bond donors (Lipinski definition) is 1. The molecule has 0 bridgehead atoms. The van der Waals surface area contributed by atoms with Crippen LogP contribution in [0.25, 0.3) is 0 Å². The van der Waals surface area contributed by atoms with Crippen LogP contribution in [-0.2, 0) is 0 Å². The van der Waals surface area contributed by atoms with Crippen molar-refractivity contribution in [3.8, 4) is 5.75 Å². The second kappa shape index (κ2) is 6.42. The number of benzene rings is 1. The van der Waals surface area contributed by atoms with Gasteiger partial charge in [0.15, 0.2) is 0 Å². The molecule has 0 amide bonds. The zero-order valence-electron chi connectivity index (χ0n) is 13.6. The zero-order valence-corrected chi connectivity index (χ0v) is 13.6. The highest BCUT2D eigenvalue weighted by atomic mass is 16.5. The highest BCUT2D eigenvalue weighted by Gasteiger charge is 2.26. The molecule has 0 aliphatic carbocycles. The van der Waals surface area contributed by atoms with Crippen LogP contribution >= 0.6 is 0 Å². The third-order valence-corrected chi connectivity index (χ3v) is 3.48. The minimum Gasteiger partial charge on any atom is -0.496 e. The van der Waals surface area contributed by atoms with Gasteiger partial charge in [0.25, 0.3) is 0 Å². The zero-order chi connectivity index (χ0) is 14.6. The van der Waals surface area contributed by atoms with Crippen LogP contribution in [0.5, 0.6) is 5.75 Å². The van der Waals surface area contributed by atoms with Gasteiger partial charge >= 0.3 is 0 Å². The second-order valence-electron chi connectivity index (χ2n) is 6.44. The maximum Gasteiger partial charge on any atom is 0.124 e. The lowest BCUT2D eigenvalue weighted by atomic mass is 9.81. The van der Waals surface area contributed by atoms with E-state index in [1.165, 1.54) is 16.7 Å². The summed E-state index contributed by atoms with van der Waals surface area (Å²) >= 11 is 0. The summed E-state index contributed by atoms with van der Waals surface area (Å²) in [7, 11) is 1.74. The van der Waals surface area contributed by atoms with Crippen molar-refractivity contribution in [1.29, 1.82) is 0 Å². The van der Waals surface area contributed by atoms with E-state index in [9.17, 15) is 0 Å². The first-order valence-corrected chi connectivity index (χ1v) is 7.19. The molecular weight excluding hydrogens is 234 g/mol. The highest BCUT2D eigenvalue weighted by molar-refractivity contribution is 5.44. The van der Waals surface area contributed by atoms with Crippen molar-refractivity contribution in [3.05, 3.63) is 28.8 Å². The third-order valence-electron chi connectivity index (χ3n) is 3.48. The monoisotopic (exact) mass is 263 g/mol. The van der Waals surface area contributed by atoms with Crippen molar-refractivity contribution in [2.45, 2.75) is 54.0 Å². The van der Waals surface area contributed by atoms with Crippen LogP contribution in [0.3, 0.4) is 0 Å². The molecule has 1 N–H and O–H groups in total. The van der Waals surface area contributed by atoms with Crippen molar-refractivity contribution in [1.82, 2.24) is 5.32 Å². The molecule has 1 rings (SSSR count). The Morgan fingerprint density at radius 2 is 1.68 bits per heavy atom. The van der Waals surface area contributed by atoms with Crippen LogP contribution in [0, 0.1) is 19.3 Å². The maximum atomic E-state index is 5.46. The van der Waals surface area contributed by atoms with E-state index in [-0.39, 0.29) is 5.41 Å². The minimum atomic E-state index is 0.197. The molecule has 1 atom stereocenters. The Hall–Kier alpha value is -1.02. The summed E-state index contributed by atoms with van der Waals surface area (Å²) in [6, 6.07) is 4.88. The van der Waals surface area contributed by atoms with E-state index in [0.29, 0.717) is 6.04 Å². The van der Waals surface area contributed by atoms with Gasteiger partial charge < -0.3 is 10.1 Å². The van der Waals surface area contributed by atoms with E-state index in [0.717, 1.165) is 18.7 Å². The van der Waals surface area contributed by atoms with E-state index >= 15 is 0 Å². The Balaban J connectivity index is 3.16. The quantitative estimate of drug-likeness (QED) is 0.850. The molecule has 0 saturated heterocycles. The van der Waals surface area contributed by atoms with E-state index in [4.69, 9.17) is 4.74 Å². The first kappa shape index (κ1) is 16.0. The lowest BCUT2D eigenvalue weighted by Crippen LogP contribution is -2.33. The Kier molecular flexibility index (Phi) is 5.42. The van der Waals surface area contributed by atoms with Gasteiger partial charge in [0.1, 0.15) is 5.75 Å². The molecule has 2 nitrogen and oxygen atoms in total. The van der Waals surface area contributed by atoms with Crippen LogP contribution in [0.1, 0.15) is 56.8 Å². The molecule has 1 aromatic rings. The van der Waals surface area contributed by atoms with Crippen LogP contribution in [0.2, 0.25) is 0 Å². The average Bonchev–Trinajstić information content (AvgIpc) is 2.27. The van der Waals surface area contributed by atoms with Gasteiger partial charge in [-0.3, -0.25) is 0 Å². The molecule has 0 aliphatic heterocycles. The van der Waals surface area contributed by atoms with Gasteiger partial charge in [-0.05, 0) is 48.9 Å². The first-order valence-electron chi connectivity index (χ1n) is 7.19. The summed E-state index contributed by atoms with van der Waals surface area (Å²) in [5, 5.41) is 3.68. The summed E-state index contributed by atoms with van der Waals surface area (Å²) in [5.41, 5.74) is 3.98. The fourth-order valence-electron chi connectivity index (χ4n) is 2.69. The topological polar surface area (TPSA) is 21.3 Å². The van der Waals surface area contributed by atoms with E-state index in [1.807, 2.05) is 0 Å². The van der Waals surface area contributed by atoms with Crippen molar-refractivity contribution < 1.29 is 4.74 Å². The van der Waals surface area contributed by atoms with Gasteiger partial charge in [-0.25, -0.2) is 0 Å². The normalized spacial score (nSPS) is 13.4. The maximum absolute atomic E-state index is 5.46. The average molecular weight is 263 g/mol. The van der Waals surface area contributed by atoms with Gasteiger partial charge in [0.05, 0.1) is 7.11 Å². The van der Waals surface area contributed by atoms with Crippen molar-refractivity contribution in [2.75, 3.05) is 13.7 Å². The van der Waals surface area contributed by atoms with Crippen molar-refractivity contribution >= 4 is 0 Å². The number of methoxy groups -OCH3 is 1. The molecule has 2 heteroatoms. The largest absolute Gasteiger partial charge is 0.496 e. The number of hydrogen-bond acceptors (Lipinski definition) is 2. The lowest BCUT2D eigenvalue weighted by molar-refractivity contribution is 0.273. The van der Waals surface area contributed by atoms with Crippen molar-refractivity contribution in [3.63, 3.8) is 0 Å². The van der Waals surface area contributed by atoms with E-state index < -0.39 is 0 Å². The molecule has 0 fully saturated rings. The Bertz CT molecular complexity index is 395. The fraction of sp³-hybridized carbons (Fsp3) is 0.647. The summed E-state index contributed by atoms with van der Waals surface area (Å²) in [6.45, 7) is 14.4. The number of rotatable bonds is 5. The van der Waals surface area contributed by atoms with Crippen LogP contribution in [0.15, 0.2) is 12.1 Å². The molecule has 0 spiro atoms. The minimum absolute atomic E-state index is 0.197. The van der Waals surface area contributed by atoms with Crippen LogP contribution in [0.4, 0.5) is 0 Å². The molecule has 0 saturated carbocycles. The number of ether oxygens (including phenoxy) is 1. The summed E-state index contributed by atoms with van der Waals surface area (Å²) in [6.07, 6.45) is 1.15. The Morgan fingerprint density at radius 3 is 2.05 bits per heavy atom. The molecule has 19 heavy (non-hydrogen) atoms. The van der Waals surface area contributed by atoms with Gasteiger partial charge in [0, 0.05) is 6.04 Å². The lowest BCUT2D eigenvalue weighted by Gasteiger charge is -2.33. The molecule has 1 aromatic carbocycles. The molecule has 1 unspecified atom stereocenters. The first-order chi connectivity index (χ1) is 8.81. The van der Waals surface area contributed by atoms with Gasteiger partial charge in [0.2, 0.25) is 0 Å². The SMILES string of the molecule is CCCNC(c1cc(C)c(OC)c(C)c1)C(C)(C)C. The van der Waals surface area contributed by atoms with Crippen LogP contribution in [-0.4, -0.2) is 13.7 Å². The summed E-state index contributed by atoms with van der Waals surface area (Å²) < 4.78 is 5.46. The summed E-state index contributed by atoms with van der Waals surface area (Å²) in [5.74, 6) is 1.01. The summed E-state index contributed by atoms with van der Waals surface area (Å²) in [4.78, 5) is 0. The smallest absolute Gasteiger partial charge is 0.124 e. The highest BCUT2D eigenvalue weighted by Crippen LogP contribution is 2.36. The molecule has 0 aliphatic rings. The Morgan fingerprint density at radius 1 is 1.16 bits per heavy atom. The molecule has 0 heterocycles. The van der Waals surface area contributed by atoms with Crippen molar-refractivity contribution in [2.24, 2.45) is 5.41 Å². The Labute approximate surface area is 118 Å². The van der Waals surface area contributed by atoms with Gasteiger partial charge in [-0.2, -0.15) is 0 Å². The number of nitrogens with one attached hydrogen (secondary N) is 1. The predicted molar refractivity (Wildman–Crippen MR) is 83.0 cm³/mol. The van der Waals surface area contributed by atoms with E-state index in [1.54, 1.807) is 7.11 Å². The van der Waals surface area contributed by atoms with Crippen LogP contribution < -0.4 is 10.1 Å². The molecular formula is C17H29NO. The van der Waals surface area contributed by atoms with E-state index in [2.05, 4.69) is 59.0 Å². The third kappa shape index (κ3) is 3.97. The number of aryl methyl sites for hydroxylation is 2. The molecule has 108 valence electrons. The molecule has 0 aromatic heterocycles. The second-order valence-corrected chi connectivity index (χ2v) is 6.44. The van der Waals surface area contributed by atoms with Gasteiger partial charge in [-0.15, -0.1) is 0 Å². The standard InChI is InChI=1S/C17H29NO/c1-8-9-18-16(17(4,5)6)14-10-12(2)15(19-7)13(3)11-14/h10-11,16,18H,8-9H2,1-7H3. The van der Waals surface area contributed by atoms with Gasteiger partial charge in [-0.1, -0.05) is 39.8 Å². The molecule has 0 radical (unpaired) electrons.